The van der Waals surface area contributed by atoms with Gasteiger partial charge in [-0.3, -0.25) is 0 Å². The second kappa shape index (κ2) is 4.80. The summed E-state index contributed by atoms with van der Waals surface area (Å²) in [5.74, 6) is -0.292. The fourth-order valence-electron chi connectivity index (χ4n) is 1.52. The van der Waals surface area contributed by atoms with Crippen LogP contribution in [-0.4, -0.2) is 0 Å². The smallest absolute Gasteiger partial charge is 0.137 e. The van der Waals surface area contributed by atoms with E-state index in [1.165, 1.54) is 6.07 Å². The van der Waals surface area contributed by atoms with Gasteiger partial charge in [-0.25, -0.2) is 4.39 Å². The van der Waals surface area contributed by atoms with E-state index in [1.807, 2.05) is 12.1 Å². The summed E-state index contributed by atoms with van der Waals surface area (Å²) >= 11 is 3.11. The molecule has 1 aromatic heterocycles. The van der Waals surface area contributed by atoms with E-state index >= 15 is 0 Å². The van der Waals surface area contributed by atoms with Gasteiger partial charge in [0.05, 0.1) is 17.0 Å². The van der Waals surface area contributed by atoms with Gasteiger partial charge in [0.2, 0.25) is 0 Å². The van der Waals surface area contributed by atoms with Crippen molar-refractivity contribution >= 4 is 15.9 Å². The third kappa shape index (κ3) is 2.51. The average Bonchev–Trinajstić information content (AvgIpc) is 2.74. The second-order valence-corrected chi connectivity index (χ2v) is 4.47. The van der Waals surface area contributed by atoms with Crippen molar-refractivity contribution in [3.8, 4) is 0 Å². The van der Waals surface area contributed by atoms with Crippen LogP contribution in [0.1, 0.15) is 17.2 Å². The third-order valence-electron chi connectivity index (χ3n) is 2.41. The molecule has 0 saturated carbocycles. The lowest BCUT2D eigenvalue weighted by molar-refractivity contribution is 0.561. The van der Waals surface area contributed by atoms with Gasteiger partial charge in [0.25, 0.3) is 0 Å². The molecule has 0 saturated heterocycles. The number of halogens is 2. The molecule has 84 valence electrons. The van der Waals surface area contributed by atoms with Crippen molar-refractivity contribution in [1.82, 2.24) is 0 Å². The fraction of sp³-hybridized carbons (Fsp3) is 0.167. The number of benzene rings is 1. The largest absolute Gasteiger partial charge is 0.472 e. The topological polar surface area (TPSA) is 39.2 Å². The molecule has 1 aromatic carbocycles. The van der Waals surface area contributed by atoms with E-state index in [2.05, 4.69) is 15.9 Å². The SMILES string of the molecule is NC(Cc1ccoc1)c1ccc(Br)c(F)c1. The van der Waals surface area contributed by atoms with Crippen molar-refractivity contribution in [3.05, 3.63) is 58.2 Å². The number of rotatable bonds is 3. The molecule has 0 bridgehead atoms. The average molecular weight is 284 g/mol. The quantitative estimate of drug-likeness (QED) is 0.938. The zero-order valence-corrected chi connectivity index (χ0v) is 10.1. The molecule has 1 unspecified atom stereocenters. The maximum Gasteiger partial charge on any atom is 0.137 e. The molecule has 0 aliphatic rings. The second-order valence-electron chi connectivity index (χ2n) is 3.62. The van der Waals surface area contributed by atoms with E-state index in [9.17, 15) is 4.39 Å². The molecular formula is C12H11BrFNO. The number of hydrogen-bond donors (Lipinski definition) is 1. The minimum Gasteiger partial charge on any atom is -0.472 e. The van der Waals surface area contributed by atoms with E-state index in [0.717, 1.165) is 11.1 Å². The summed E-state index contributed by atoms with van der Waals surface area (Å²) in [4.78, 5) is 0. The van der Waals surface area contributed by atoms with Gasteiger partial charge >= 0.3 is 0 Å². The zero-order chi connectivity index (χ0) is 11.5. The summed E-state index contributed by atoms with van der Waals surface area (Å²) in [5.41, 5.74) is 7.77. The lowest BCUT2D eigenvalue weighted by Crippen LogP contribution is -2.13. The Morgan fingerprint density at radius 3 is 2.81 bits per heavy atom. The highest BCUT2D eigenvalue weighted by atomic mass is 79.9. The Bertz CT molecular complexity index is 470. The molecule has 2 nitrogen and oxygen atoms in total. The molecule has 2 rings (SSSR count). The maximum atomic E-state index is 13.3. The van der Waals surface area contributed by atoms with Crippen LogP contribution in [0.5, 0.6) is 0 Å². The molecule has 1 atom stereocenters. The van der Waals surface area contributed by atoms with Crippen molar-refractivity contribution in [2.75, 3.05) is 0 Å². The van der Waals surface area contributed by atoms with Crippen molar-refractivity contribution in [2.24, 2.45) is 5.73 Å². The van der Waals surface area contributed by atoms with Gasteiger partial charge in [-0.2, -0.15) is 0 Å². The van der Waals surface area contributed by atoms with Gasteiger partial charge in [0.15, 0.2) is 0 Å². The first-order chi connectivity index (χ1) is 7.66. The van der Waals surface area contributed by atoms with Crippen LogP contribution in [0, 0.1) is 5.82 Å². The van der Waals surface area contributed by atoms with E-state index in [1.54, 1.807) is 18.6 Å². The fourth-order valence-corrected chi connectivity index (χ4v) is 1.77. The van der Waals surface area contributed by atoms with Crippen molar-refractivity contribution in [1.29, 1.82) is 0 Å². The van der Waals surface area contributed by atoms with Crippen molar-refractivity contribution < 1.29 is 8.81 Å². The highest BCUT2D eigenvalue weighted by molar-refractivity contribution is 9.10. The lowest BCUT2D eigenvalue weighted by atomic mass is 10.0. The summed E-state index contributed by atoms with van der Waals surface area (Å²) in [6.45, 7) is 0. The minimum absolute atomic E-state index is 0.222. The lowest BCUT2D eigenvalue weighted by Gasteiger charge is -2.11. The molecule has 16 heavy (non-hydrogen) atoms. The maximum absolute atomic E-state index is 13.3. The highest BCUT2D eigenvalue weighted by Gasteiger charge is 2.10. The van der Waals surface area contributed by atoms with Gasteiger partial charge < -0.3 is 10.2 Å². The molecule has 2 aromatic rings. The molecule has 0 fully saturated rings. The zero-order valence-electron chi connectivity index (χ0n) is 8.49. The van der Waals surface area contributed by atoms with Crippen LogP contribution in [0.15, 0.2) is 45.7 Å². The van der Waals surface area contributed by atoms with Crippen molar-refractivity contribution in [3.63, 3.8) is 0 Å². The van der Waals surface area contributed by atoms with Gasteiger partial charge in [0, 0.05) is 6.04 Å². The minimum atomic E-state index is -0.292. The number of furan rings is 1. The molecule has 0 aliphatic heterocycles. The predicted molar refractivity (Wildman–Crippen MR) is 63.4 cm³/mol. The molecule has 0 spiro atoms. The van der Waals surface area contributed by atoms with Crippen LogP contribution < -0.4 is 5.73 Å². The first-order valence-electron chi connectivity index (χ1n) is 4.88. The molecule has 4 heteroatoms. The number of nitrogens with two attached hydrogens (primary N) is 1. The third-order valence-corrected chi connectivity index (χ3v) is 3.05. The summed E-state index contributed by atoms with van der Waals surface area (Å²) in [7, 11) is 0. The normalized spacial score (nSPS) is 12.7. The van der Waals surface area contributed by atoms with Crippen LogP contribution in [0.4, 0.5) is 4.39 Å². The Kier molecular flexibility index (Phi) is 3.41. The van der Waals surface area contributed by atoms with Gasteiger partial charge in [-0.05, 0) is 51.7 Å². The Hall–Kier alpha value is -1.13. The summed E-state index contributed by atoms with van der Waals surface area (Å²) in [5, 5.41) is 0. The Morgan fingerprint density at radius 2 is 2.19 bits per heavy atom. The van der Waals surface area contributed by atoms with E-state index in [4.69, 9.17) is 10.2 Å². The number of hydrogen-bond acceptors (Lipinski definition) is 2. The van der Waals surface area contributed by atoms with Gasteiger partial charge in [0.1, 0.15) is 5.82 Å². The molecule has 0 radical (unpaired) electrons. The van der Waals surface area contributed by atoms with E-state index in [0.29, 0.717) is 10.9 Å². The summed E-state index contributed by atoms with van der Waals surface area (Å²) in [6, 6.07) is 6.57. The summed E-state index contributed by atoms with van der Waals surface area (Å²) < 4.78 is 18.7. The first-order valence-corrected chi connectivity index (χ1v) is 5.67. The van der Waals surface area contributed by atoms with Gasteiger partial charge in [-0.15, -0.1) is 0 Å². The van der Waals surface area contributed by atoms with Crippen LogP contribution in [0.2, 0.25) is 0 Å². The molecule has 0 aliphatic carbocycles. The van der Waals surface area contributed by atoms with Gasteiger partial charge in [-0.1, -0.05) is 6.07 Å². The monoisotopic (exact) mass is 283 g/mol. The van der Waals surface area contributed by atoms with E-state index < -0.39 is 0 Å². The molecular weight excluding hydrogens is 273 g/mol. The Balaban J connectivity index is 2.14. The standard InChI is InChI=1S/C12H11BrFNO/c13-10-2-1-9(6-11(10)14)12(15)5-8-3-4-16-7-8/h1-4,6-7,12H,5,15H2. The first kappa shape index (κ1) is 11.4. The van der Waals surface area contributed by atoms with Crippen molar-refractivity contribution in [2.45, 2.75) is 12.5 Å². The Labute approximate surface area is 101 Å². The van der Waals surface area contributed by atoms with Crippen LogP contribution in [0.3, 0.4) is 0 Å². The van der Waals surface area contributed by atoms with Crippen LogP contribution in [0.25, 0.3) is 0 Å². The Morgan fingerprint density at radius 1 is 1.38 bits per heavy atom. The highest BCUT2D eigenvalue weighted by Crippen LogP contribution is 2.21. The molecule has 2 N–H and O–H groups in total. The predicted octanol–water partition coefficient (Wildman–Crippen LogP) is 3.42. The van der Waals surface area contributed by atoms with Crippen LogP contribution >= 0.6 is 15.9 Å². The molecule has 0 amide bonds. The summed E-state index contributed by atoms with van der Waals surface area (Å²) in [6.07, 6.45) is 3.89. The van der Waals surface area contributed by atoms with E-state index in [-0.39, 0.29) is 11.9 Å². The molecule has 1 heterocycles. The van der Waals surface area contributed by atoms with Crippen LogP contribution in [-0.2, 0) is 6.42 Å².